The van der Waals surface area contributed by atoms with Crippen LogP contribution in [-0.4, -0.2) is 34.9 Å². The van der Waals surface area contributed by atoms with Gasteiger partial charge in [0.1, 0.15) is 0 Å². The first-order valence-electron chi connectivity index (χ1n) is 9.76. The van der Waals surface area contributed by atoms with Crippen LogP contribution >= 0.6 is 0 Å². The van der Waals surface area contributed by atoms with Crippen molar-refractivity contribution in [3.05, 3.63) is 36.0 Å². The standard InChI is InChI=1S/C21H29N3O/c22-18(14-16-15-23-19-7-3-2-6-17(16)19)20(25)24-12-10-21(11-13-24)8-4-1-5-9-21/h2-3,6-7,15,18,23H,1,4-5,8-14,22H2/t18-/m0/s1. The fourth-order valence-corrected chi connectivity index (χ4v) is 4.86. The van der Waals surface area contributed by atoms with Gasteiger partial charge in [0.25, 0.3) is 0 Å². The molecule has 4 nitrogen and oxygen atoms in total. The molecule has 1 aliphatic heterocycles. The first-order valence-corrected chi connectivity index (χ1v) is 9.76. The van der Waals surface area contributed by atoms with Crippen molar-refractivity contribution >= 4 is 16.8 Å². The number of benzene rings is 1. The van der Waals surface area contributed by atoms with Gasteiger partial charge in [0.05, 0.1) is 6.04 Å². The number of hydrogen-bond donors (Lipinski definition) is 2. The van der Waals surface area contributed by atoms with Crippen molar-refractivity contribution in [2.75, 3.05) is 13.1 Å². The number of hydrogen-bond acceptors (Lipinski definition) is 2. The van der Waals surface area contributed by atoms with E-state index in [9.17, 15) is 4.79 Å². The van der Waals surface area contributed by atoms with Crippen molar-refractivity contribution in [1.82, 2.24) is 9.88 Å². The highest BCUT2D eigenvalue weighted by molar-refractivity contribution is 5.86. The molecular weight excluding hydrogens is 310 g/mol. The van der Waals surface area contributed by atoms with Crippen LogP contribution in [0.5, 0.6) is 0 Å². The molecule has 1 aromatic heterocycles. The average molecular weight is 339 g/mol. The number of aromatic nitrogens is 1. The van der Waals surface area contributed by atoms with Crippen LogP contribution in [0.4, 0.5) is 0 Å². The van der Waals surface area contributed by atoms with Crippen molar-refractivity contribution < 1.29 is 4.79 Å². The number of likely N-dealkylation sites (tertiary alicyclic amines) is 1. The highest BCUT2D eigenvalue weighted by Crippen LogP contribution is 2.44. The van der Waals surface area contributed by atoms with Crippen molar-refractivity contribution in [1.29, 1.82) is 0 Å². The van der Waals surface area contributed by atoms with E-state index < -0.39 is 6.04 Å². The van der Waals surface area contributed by atoms with Gasteiger partial charge < -0.3 is 15.6 Å². The Morgan fingerprint density at radius 2 is 1.84 bits per heavy atom. The van der Waals surface area contributed by atoms with Crippen LogP contribution < -0.4 is 5.73 Å². The van der Waals surface area contributed by atoms with Gasteiger partial charge in [-0.2, -0.15) is 0 Å². The molecule has 2 aliphatic rings. The monoisotopic (exact) mass is 339 g/mol. The van der Waals surface area contributed by atoms with Crippen molar-refractivity contribution in [2.24, 2.45) is 11.1 Å². The molecule has 1 amide bonds. The van der Waals surface area contributed by atoms with Crippen molar-refractivity contribution in [3.63, 3.8) is 0 Å². The molecule has 25 heavy (non-hydrogen) atoms. The maximum Gasteiger partial charge on any atom is 0.239 e. The zero-order valence-corrected chi connectivity index (χ0v) is 15.0. The fraction of sp³-hybridized carbons (Fsp3) is 0.571. The summed E-state index contributed by atoms with van der Waals surface area (Å²) in [7, 11) is 0. The molecule has 4 rings (SSSR count). The Morgan fingerprint density at radius 1 is 1.12 bits per heavy atom. The van der Waals surface area contributed by atoms with E-state index in [1.54, 1.807) is 0 Å². The number of nitrogens with two attached hydrogens (primary N) is 1. The van der Waals surface area contributed by atoms with Gasteiger partial charge in [-0.15, -0.1) is 0 Å². The molecule has 1 aliphatic carbocycles. The molecule has 2 aromatic rings. The van der Waals surface area contributed by atoms with Gasteiger partial charge in [0.15, 0.2) is 0 Å². The highest BCUT2D eigenvalue weighted by atomic mass is 16.2. The maximum absolute atomic E-state index is 12.8. The zero-order valence-electron chi connectivity index (χ0n) is 15.0. The SMILES string of the molecule is N[C@@H](Cc1c[nH]c2ccccc12)C(=O)N1CCC2(CCCCC2)CC1. The third-order valence-electron chi connectivity index (χ3n) is 6.48. The van der Waals surface area contributed by atoms with Crippen LogP contribution in [0.2, 0.25) is 0 Å². The predicted octanol–water partition coefficient (Wildman–Crippen LogP) is 3.61. The number of para-hydroxylation sites is 1. The van der Waals surface area contributed by atoms with E-state index in [1.807, 2.05) is 23.2 Å². The smallest absolute Gasteiger partial charge is 0.239 e. The van der Waals surface area contributed by atoms with E-state index in [4.69, 9.17) is 5.73 Å². The van der Waals surface area contributed by atoms with Gasteiger partial charge in [-0.3, -0.25) is 4.79 Å². The molecule has 0 bridgehead atoms. The second-order valence-electron chi connectivity index (χ2n) is 8.06. The number of amides is 1. The van der Waals surface area contributed by atoms with Gasteiger partial charge in [-0.05, 0) is 49.1 Å². The summed E-state index contributed by atoms with van der Waals surface area (Å²) in [6.07, 6.45) is 11.8. The Bertz CT molecular complexity index is 734. The summed E-state index contributed by atoms with van der Waals surface area (Å²) < 4.78 is 0. The zero-order chi connectivity index (χ0) is 17.3. The Balaban J connectivity index is 1.38. The number of carbonyl (C=O) groups is 1. The summed E-state index contributed by atoms with van der Waals surface area (Å²) in [5.74, 6) is 0.121. The van der Waals surface area contributed by atoms with Gasteiger partial charge in [0.2, 0.25) is 5.91 Å². The summed E-state index contributed by atoms with van der Waals surface area (Å²) in [6, 6.07) is 7.75. The summed E-state index contributed by atoms with van der Waals surface area (Å²) in [4.78, 5) is 18.1. The molecule has 0 radical (unpaired) electrons. The molecule has 1 spiro atoms. The lowest BCUT2D eigenvalue weighted by molar-refractivity contribution is -0.135. The normalized spacial score (nSPS) is 21.6. The van der Waals surface area contributed by atoms with E-state index in [0.29, 0.717) is 11.8 Å². The third-order valence-corrected chi connectivity index (χ3v) is 6.48. The van der Waals surface area contributed by atoms with Gasteiger partial charge >= 0.3 is 0 Å². The second kappa shape index (κ2) is 6.83. The molecule has 134 valence electrons. The van der Waals surface area contributed by atoms with E-state index in [1.165, 1.54) is 50.3 Å². The minimum Gasteiger partial charge on any atom is -0.361 e. The number of fused-ring (bicyclic) bond motifs is 1. The molecule has 3 N–H and O–H groups in total. The first-order chi connectivity index (χ1) is 12.2. The average Bonchev–Trinajstić information content (AvgIpc) is 3.05. The van der Waals surface area contributed by atoms with Crippen LogP contribution in [0.1, 0.15) is 50.5 Å². The molecule has 2 fully saturated rings. The number of H-pyrrole nitrogens is 1. The molecular formula is C21H29N3O. The largest absolute Gasteiger partial charge is 0.361 e. The number of nitrogens with zero attached hydrogens (tertiary/aromatic N) is 1. The van der Waals surface area contributed by atoms with E-state index in [2.05, 4.69) is 17.1 Å². The Morgan fingerprint density at radius 3 is 2.60 bits per heavy atom. The lowest BCUT2D eigenvalue weighted by Crippen LogP contribution is -2.50. The number of piperidine rings is 1. The second-order valence-corrected chi connectivity index (χ2v) is 8.06. The third kappa shape index (κ3) is 3.32. The van der Waals surface area contributed by atoms with Crippen LogP contribution in [0.3, 0.4) is 0 Å². The van der Waals surface area contributed by atoms with Crippen LogP contribution in [-0.2, 0) is 11.2 Å². The van der Waals surface area contributed by atoms with Gasteiger partial charge in [-0.25, -0.2) is 0 Å². The molecule has 2 heterocycles. The number of nitrogens with one attached hydrogen (secondary N) is 1. The minimum absolute atomic E-state index is 0.121. The molecule has 4 heteroatoms. The summed E-state index contributed by atoms with van der Waals surface area (Å²) in [6.45, 7) is 1.78. The topological polar surface area (TPSA) is 62.1 Å². The van der Waals surface area contributed by atoms with Gasteiger partial charge in [0, 0.05) is 30.2 Å². The molecule has 0 unspecified atom stereocenters. The van der Waals surface area contributed by atoms with Gasteiger partial charge in [-0.1, -0.05) is 37.5 Å². The molecule has 1 saturated carbocycles. The maximum atomic E-state index is 12.8. The van der Waals surface area contributed by atoms with Crippen molar-refractivity contribution in [3.8, 4) is 0 Å². The molecule has 1 saturated heterocycles. The van der Waals surface area contributed by atoms with E-state index in [-0.39, 0.29) is 5.91 Å². The lowest BCUT2D eigenvalue weighted by atomic mass is 9.68. The number of carbonyl (C=O) groups excluding carboxylic acids is 1. The number of rotatable bonds is 3. The van der Waals surface area contributed by atoms with Crippen LogP contribution in [0, 0.1) is 5.41 Å². The highest BCUT2D eigenvalue weighted by Gasteiger charge is 2.37. The fourth-order valence-electron chi connectivity index (χ4n) is 4.86. The Labute approximate surface area is 149 Å². The summed E-state index contributed by atoms with van der Waals surface area (Å²) >= 11 is 0. The van der Waals surface area contributed by atoms with E-state index >= 15 is 0 Å². The number of aromatic amines is 1. The Hall–Kier alpha value is -1.81. The minimum atomic E-state index is -0.445. The Kier molecular flexibility index (Phi) is 4.55. The van der Waals surface area contributed by atoms with Crippen LogP contribution in [0.15, 0.2) is 30.5 Å². The summed E-state index contributed by atoms with van der Waals surface area (Å²) in [5, 5.41) is 1.17. The van der Waals surface area contributed by atoms with Crippen molar-refractivity contribution in [2.45, 2.75) is 57.4 Å². The van der Waals surface area contributed by atoms with E-state index in [0.717, 1.165) is 24.2 Å². The summed E-state index contributed by atoms with van der Waals surface area (Å²) in [5.41, 5.74) is 9.06. The lowest BCUT2D eigenvalue weighted by Gasteiger charge is -2.44. The molecule has 1 aromatic carbocycles. The van der Waals surface area contributed by atoms with Crippen LogP contribution in [0.25, 0.3) is 10.9 Å². The quantitative estimate of drug-likeness (QED) is 0.897. The predicted molar refractivity (Wildman–Crippen MR) is 101 cm³/mol. The first kappa shape index (κ1) is 16.6. The molecule has 1 atom stereocenters.